The lowest BCUT2D eigenvalue weighted by Crippen LogP contribution is -2.44. The van der Waals surface area contributed by atoms with E-state index in [4.69, 9.17) is 9.47 Å². The lowest BCUT2D eigenvalue weighted by Gasteiger charge is -2.19. The van der Waals surface area contributed by atoms with Crippen LogP contribution in [0.25, 0.3) is 0 Å². The molecule has 0 fully saturated rings. The van der Waals surface area contributed by atoms with Crippen LogP contribution in [0.2, 0.25) is 0 Å². The molecule has 0 spiro atoms. The predicted molar refractivity (Wildman–Crippen MR) is 112 cm³/mol. The largest absolute Gasteiger partial charge is 0.454 e. The number of hydrogen-bond donors (Lipinski definition) is 3. The van der Waals surface area contributed by atoms with Crippen LogP contribution >= 0.6 is 0 Å². The van der Waals surface area contributed by atoms with E-state index in [1.807, 2.05) is 61.5 Å². The maximum atomic E-state index is 12.9. The van der Waals surface area contributed by atoms with Gasteiger partial charge in [0.15, 0.2) is 11.5 Å². The molecule has 4 rings (SSSR count). The van der Waals surface area contributed by atoms with E-state index in [-0.39, 0.29) is 12.7 Å². The standard InChI is InChI=1S/C23H21N3O4/c1-15-7-10-18(11-8-15)24-23(28)21(16-5-3-2-4-6-16)25-26-22(27)17-9-12-19-20(13-17)30-14-29-19/h2-13,21,25H,14H2,1H3,(H,24,28)(H,26,27)/t21-/m0/s1. The number of hydrazine groups is 1. The Labute approximate surface area is 174 Å². The second-order valence-electron chi connectivity index (χ2n) is 6.87. The molecule has 30 heavy (non-hydrogen) atoms. The quantitative estimate of drug-likeness (QED) is 0.550. The molecule has 0 saturated heterocycles. The number of fused-ring (bicyclic) bond motifs is 1. The van der Waals surface area contributed by atoms with Crippen LogP contribution in [0.3, 0.4) is 0 Å². The third-order valence-electron chi connectivity index (χ3n) is 4.68. The van der Waals surface area contributed by atoms with Gasteiger partial charge >= 0.3 is 0 Å². The van der Waals surface area contributed by atoms with Crippen LogP contribution in [-0.4, -0.2) is 18.6 Å². The highest BCUT2D eigenvalue weighted by molar-refractivity contribution is 5.97. The Morgan fingerprint density at radius 2 is 1.63 bits per heavy atom. The van der Waals surface area contributed by atoms with Gasteiger partial charge < -0.3 is 14.8 Å². The first-order valence-electron chi connectivity index (χ1n) is 9.48. The van der Waals surface area contributed by atoms with Gasteiger partial charge in [-0.3, -0.25) is 15.0 Å². The highest BCUT2D eigenvalue weighted by Crippen LogP contribution is 2.32. The first-order valence-corrected chi connectivity index (χ1v) is 9.48. The number of ether oxygens (including phenoxy) is 2. The fourth-order valence-electron chi connectivity index (χ4n) is 3.04. The Hall–Kier alpha value is -3.84. The Morgan fingerprint density at radius 1 is 0.900 bits per heavy atom. The van der Waals surface area contributed by atoms with Crippen LogP contribution in [0.4, 0.5) is 5.69 Å². The van der Waals surface area contributed by atoms with Gasteiger partial charge in [-0.2, -0.15) is 0 Å². The number of benzene rings is 3. The van der Waals surface area contributed by atoms with E-state index in [0.717, 1.165) is 5.56 Å². The number of amides is 2. The van der Waals surface area contributed by atoms with Gasteiger partial charge in [-0.1, -0.05) is 48.0 Å². The topological polar surface area (TPSA) is 88.7 Å². The molecule has 3 N–H and O–H groups in total. The van der Waals surface area contributed by atoms with Crippen molar-refractivity contribution in [3.63, 3.8) is 0 Å². The van der Waals surface area contributed by atoms with Crippen LogP contribution in [0.5, 0.6) is 11.5 Å². The van der Waals surface area contributed by atoms with Crippen molar-refractivity contribution >= 4 is 17.5 Å². The molecule has 1 aliphatic heterocycles. The van der Waals surface area contributed by atoms with Crippen molar-refractivity contribution in [2.45, 2.75) is 13.0 Å². The molecule has 2 amide bonds. The molecule has 0 radical (unpaired) electrons. The van der Waals surface area contributed by atoms with E-state index in [9.17, 15) is 9.59 Å². The van der Waals surface area contributed by atoms with Crippen LogP contribution in [0, 0.1) is 6.92 Å². The van der Waals surface area contributed by atoms with Gasteiger partial charge in [0.25, 0.3) is 5.91 Å². The van der Waals surface area contributed by atoms with E-state index in [1.54, 1.807) is 18.2 Å². The van der Waals surface area contributed by atoms with Gasteiger partial charge in [-0.15, -0.1) is 0 Å². The van der Waals surface area contributed by atoms with Crippen LogP contribution < -0.4 is 25.6 Å². The van der Waals surface area contributed by atoms with Gasteiger partial charge in [0.1, 0.15) is 6.04 Å². The minimum absolute atomic E-state index is 0.133. The van der Waals surface area contributed by atoms with Crippen molar-refractivity contribution < 1.29 is 19.1 Å². The van der Waals surface area contributed by atoms with Crippen molar-refractivity contribution in [3.8, 4) is 11.5 Å². The summed E-state index contributed by atoms with van der Waals surface area (Å²) in [5.41, 5.74) is 8.35. The van der Waals surface area contributed by atoms with Crippen LogP contribution in [0.15, 0.2) is 72.8 Å². The highest BCUT2D eigenvalue weighted by Gasteiger charge is 2.22. The first kappa shape index (κ1) is 19.5. The zero-order valence-electron chi connectivity index (χ0n) is 16.3. The molecule has 1 heterocycles. The minimum Gasteiger partial charge on any atom is -0.454 e. The maximum absolute atomic E-state index is 12.9. The second kappa shape index (κ2) is 8.67. The predicted octanol–water partition coefficient (Wildman–Crippen LogP) is 3.34. The zero-order valence-corrected chi connectivity index (χ0v) is 16.3. The average molecular weight is 403 g/mol. The van der Waals surface area contributed by atoms with Gasteiger partial charge in [-0.25, -0.2) is 5.43 Å². The summed E-state index contributed by atoms with van der Waals surface area (Å²) >= 11 is 0. The molecule has 3 aromatic rings. The van der Waals surface area contributed by atoms with Crippen molar-refractivity contribution in [3.05, 3.63) is 89.5 Å². The van der Waals surface area contributed by atoms with Crippen molar-refractivity contribution in [2.24, 2.45) is 0 Å². The third kappa shape index (κ3) is 4.42. The first-order chi connectivity index (χ1) is 14.6. The molecule has 3 aromatic carbocycles. The zero-order chi connectivity index (χ0) is 20.9. The van der Waals surface area contributed by atoms with Crippen molar-refractivity contribution in [1.29, 1.82) is 0 Å². The van der Waals surface area contributed by atoms with Gasteiger partial charge in [0, 0.05) is 11.3 Å². The highest BCUT2D eigenvalue weighted by atomic mass is 16.7. The lowest BCUT2D eigenvalue weighted by atomic mass is 10.1. The maximum Gasteiger partial charge on any atom is 0.265 e. The summed E-state index contributed by atoms with van der Waals surface area (Å²) in [7, 11) is 0. The molecule has 0 aromatic heterocycles. The molecule has 0 aliphatic carbocycles. The number of aryl methyl sites for hydroxylation is 1. The summed E-state index contributed by atoms with van der Waals surface area (Å²) in [5, 5.41) is 2.88. The van der Waals surface area contributed by atoms with Crippen LogP contribution in [0.1, 0.15) is 27.5 Å². The number of hydrogen-bond acceptors (Lipinski definition) is 5. The van der Waals surface area contributed by atoms with E-state index in [1.165, 1.54) is 0 Å². The van der Waals surface area contributed by atoms with Crippen LogP contribution in [-0.2, 0) is 4.79 Å². The molecular formula is C23H21N3O4. The lowest BCUT2D eigenvalue weighted by molar-refractivity contribution is -0.118. The van der Waals surface area contributed by atoms with Gasteiger partial charge in [0.2, 0.25) is 12.7 Å². The smallest absolute Gasteiger partial charge is 0.265 e. The van der Waals surface area contributed by atoms with Crippen molar-refractivity contribution in [2.75, 3.05) is 12.1 Å². The number of nitrogens with one attached hydrogen (secondary N) is 3. The molecule has 1 atom stereocenters. The van der Waals surface area contributed by atoms with Gasteiger partial charge in [0.05, 0.1) is 0 Å². The summed E-state index contributed by atoms with van der Waals surface area (Å²) < 4.78 is 10.6. The number of rotatable bonds is 6. The fraction of sp³-hybridized carbons (Fsp3) is 0.130. The summed E-state index contributed by atoms with van der Waals surface area (Å²) in [6.07, 6.45) is 0. The molecule has 7 nitrogen and oxygen atoms in total. The number of anilines is 1. The van der Waals surface area contributed by atoms with E-state index >= 15 is 0 Å². The Morgan fingerprint density at radius 3 is 2.40 bits per heavy atom. The molecule has 1 aliphatic rings. The van der Waals surface area contributed by atoms with Crippen molar-refractivity contribution in [1.82, 2.24) is 10.9 Å². The summed E-state index contributed by atoms with van der Waals surface area (Å²) in [5.74, 6) is 0.423. The Balaban J connectivity index is 1.48. The average Bonchev–Trinajstić information content (AvgIpc) is 3.24. The molecule has 0 unspecified atom stereocenters. The molecule has 7 heteroatoms. The minimum atomic E-state index is -0.787. The molecule has 0 saturated carbocycles. The summed E-state index contributed by atoms with van der Waals surface area (Å²) in [4.78, 5) is 25.5. The van der Waals surface area contributed by atoms with E-state index < -0.39 is 11.9 Å². The Bertz CT molecular complexity index is 1050. The monoisotopic (exact) mass is 403 g/mol. The number of carbonyl (C=O) groups excluding carboxylic acids is 2. The second-order valence-corrected chi connectivity index (χ2v) is 6.87. The molecule has 152 valence electrons. The fourth-order valence-corrected chi connectivity index (χ4v) is 3.04. The molecular weight excluding hydrogens is 382 g/mol. The third-order valence-corrected chi connectivity index (χ3v) is 4.68. The van der Waals surface area contributed by atoms with Gasteiger partial charge in [-0.05, 0) is 42.8 Å². The normalized spacial score (nSPS) is 12.8. The summed E-state index contributed by atoms with van der Waals surface area (Å²) in [6, 6.07) is 20.8. The van der Waals surface area contributed by atoms with E-state index in [0.29, 0.717) is 28.3 Å². The SMILES string of the molecule is Cc1ccc(NC(=O)[C@@H](NNC(=O)c2ccc3c(c2)OCO3)c2ccccc2)cc1. The van der Waals surface area contributed by atoms with E-state index in [2.05, 4.69) is 16.2 Å². The Kier molecular flexibility index (Phi) is 5.63. The number of carbonyl (C=O) groups is 2. The molecule has 0 bridgehead atoms. The summed E-state index contributed by atoms with van der Waals surface area (Å²) in [6.45, 7) is 2.11.